The number of anilines is 1. The molecule has 0 aliphatic heterocycles. The van der Waals surface area contributed by atoms with E-state index in [9.17, 15) is 9.59 Å². The Kier molecular flexibility index (Phi) is 6.56. The van der Waals surface area contributed by atoms with Crippen LogP contribution in [0.15, 0.2) is 24.3 Å². The molecule has 0 aliphatic rings. The van der Waals surface area contributed by atoms with E-state index in [1.807, 2.05) is 18.2 Å². The summed E-state index contributed by atoms with van der Waals surface area (Å²) < 4.78 is 0. The number of amides is 2. The first-order valence-electron chi connectivity index (χ1n) is 6.83. The highest BCUT2D eigenvalue weighted by Crippen LogP contribution is 2.16. The second-order valence-corrected chi connectivity index (χ2v) is 5.11. The molecule has 110 valence electrons. The molecule has 2 amide bonds. The lowest BCUT2D eigenvalue weighted by Gasteiger charge is -2.12. The number of rotatable bonds is 7. The molecule has 0 saturated carbocycles. The molecule has 20 heavy (non-hydrogen) atoms. The van der Waals surface area contributed by atoms with E-state index in [1.54, 1.807) is 6.07 Å². The summed E-state index contributed by atoms with van der Waals surface area (Å²) in [5.41, 5.74) is 1.49. The third-order valence-corrected chi connectivity index (χ3v) is 2.88. The van der Waals surface area contributed by atoms with E-state index in [2.05, 4.69) is 24.5 Å². The smallest absolute Gasteiger partial charge is 0.319 e. The number of carbonyl (C=O) groups is 2. The highest BCUT2D eigenvalue weighted by atomic mass is 16.4. The number of nitrogens with one attached hydrogen (secondary N) is 2. The maximum Gasteiger partial charge on any atom is 0.319 e. The Morgan fingerprint density at radius 2 is 1.95 bits per heavy atom. The van der Waals surface area contributed by atoms with Gasteiger partial charge in [0.15, 0.2) is 0 Å². The minimum atomic E-state index is -0.846. The Balaban J connectivity index is 2.53. The number of carboxylic acids is 1. The van der Waals surface area contributed by atoms with Crippen LogP contribution in [0.1, 0.15) is 32.3 Å². The molecular weight excluding hydrogens is 256 g/mol. The van der Waals surface area contributed by atoms with Gasteiger partial charge in [-0.15, -0.1) is 0 Å². The van der Waals surface area contributed by atoms with E-state index < -0.39 is 5.97 Å². The zero-order chi connectivity index (χ0) is 15.0. The predicted octanol–water partition coefficient (Wildman–Crippen LogP) is 2.87. The van der Waals surface area contributed by atoms with Crippen molar-refractivity contribution in [3.8, 4) is 0 Å². The van der Waals surface area contributed by atoms with Gasteiger partial charge in [-0.1, -0.05) is 32.0 Å². The van der Waals surface area contributed by atoms with Gasteiger partial charge in [-0.25, -0.2) is 4.79 Å². The van der Waals surface area contributed by atoms with Gasteiger partial charge < -0.3 is 15.7 Å². The number of hydrogen-bond acceptors (Lipinski definition) is 2. The van der Waals surface area contributed by atoms with E-state index in [0.717, 1.165) is 12.0 Å². The molecule has 1 aromatic carbocycles. The van der Waals surface area contributed by atoms with Crippen LogP contribution in [0.3, 0.4) is 0 Å². The molecule has 1 aromatic rings. The number of aliphatic carboxylic acids is 1. The van der Waals surface area contributed by atoms with E-state index in [0.29, 0.717) is 24.6 Å². The number of para-hydroxylation sites is 1. The highest BCUT2D eigenvalue weighted by Gasteiger charge is 2.07. The molecular formula is C15H22N2O3. The van der Waals surface area contributed by atoms with E-state index >= 15 is 0 Å². The standard InChI is InChI=1S/C15H22N2O3/c1-11(2)9-10-16-15(20)17-13-6-4-3-5-12(13)7-8-14(18)19/h3-6,11H,7-10H2,1-2H3,(H,18,19)(H2,16,17,20). The highest BCUT2D eigenvalue weighted by molar-refractivity contribution is 5.90. The van der Waals surface area contributed by atoms with Crippen LogP contribution >= 0.6 is 0 Å². The zero-order valence-electron chi connectivity index (χ0n) is 12.0. The normalized spacial score (nSPS) is 10.3. The summed E-state index contributed by atoms with van der Waals surface area (Å²) in [6, 6.07) is 6.99. The van der Waals surface area contributed by atoms with E-state index in [1.165, 1.54) is 0 Å². The van der Waals surface area contributed by atoms with Crippen molar-refractivity contribution in [2.75, 3.05) is 11.9 Å². The second-order valence-electron chi connectivity index (χ2n) is 5.11. The molecule has 5 nitrogen and oxygen atoms in total. The largest absolute Gasteiger partial charge is 0.481 e. The summed E-state index contributed by atoms with van der Waals surface area (Å²) >= 11 is 0. The quantitative estimate of drug-likeness (QED) is 0.717. The van der Waals surface area contributed by atoms with Gasteiger partial charge in [-0.2, -0.15) is 0 Å². The second kappa shape index (κ2) is 8.19. The van der Waals surface area contributed by atoms with Crippen molar-refractivity contribution in [2.24, 2.45) is 5.92 Å². The van der Waals surface area contributed by atoms with Gasteiger partial charge in [0.25, 0.3) is 0 Å². The molecule has 0 bridgehead atoms. The number of benzene rings is 1. The van der Waals surface area contributed by atoms with Gasteiger partial charge in [-0.3, -0.25) is 4.79 Å². The van der Waals surface area contributed by atoms with Gasteiger partial charge in [0, 0.05) is 18.7 Å². The van der Waals surface area contributed by atoms with E-state index in [-0.39, 0.29) is 12.5 Å². The Morgan fingerprint density at radius 1 is 1.25 bits per heavy atom. The molecule has 0 unspecified atom stereocenters. The van der Waals surface area contributed by atoms with E-state index in [4.69, 9.17) is 5.11 Å². The third kappa shape index (κ3) is 6.22. The monoisotopic (exact) mass is 278 g/mol. The van der Waals surface area contributed by atoms with Crippen molar-refractivity contribution in [1.29, 1.82) is 0 Å². The number of carboxylic acid groups (broad SMARTS) is 1. The van der Waals surface area contributed by atoms with Gasteiger partial charge in [0.2, 0.25) is 0 Å². The van der Waals surface area contributed by atoms with Gasteiger partial charge in [0.05, 0.1) is 0 Å². The molecule has 3 N–H and O–H groups in total. The summed E-state index contributed by atoms with van der Waals surface area (Å²) in [5, 5.41) is 14.3. The first-order valence-corrected chi connectivity index (χ1v) is 6.83. The molecule has 1 rings (SSSR count). The predicted molar refractivity (Wildman–Crippen MR) is 78.9 cm³/mol. The first kappa shape index (κ1) is 16.0. The lowest BCUT2D eigenvalue weighted by Crippen LogP contribution is -2.30. The fourth-order valence-electron chi connectivity index (χ4n) is 1.74. The molecule has 0 atom stereocenters. The number of hydrogen-bond donors (Lipinski definition) is 3. The molecule has 0 saturated heterocycles. The Morgan fingerprint density at radius 3 is 2.60 bits per heavy atom. The number of carbonyl (C=O) groups excluding carboxylic acids is 1. The van der Waals surface area contributed by atoms with Crippen LogP contribution in [0.2, 0.25) is 0 Å². The average Bonchev–Trinajstić information content (AvgIpc) is 2.37. The summed E-state index contributed by atoms with van der Waals surface area (Å²) in [7, 11) is 0. The molecule has 0 spiro atoms. The summed E-state index contributed by atoms with van der Waals surface area (Å²) in [4.78, 5) is 22.4. The lowest BCUT2D eigenvalue weighted by molar-refractivity contribution is -0.136. The molecule has 0 radical (unpaired) electrons. The van der Waals surface area contributed by atoms with Crippen molar-refractivity contribution in [1.82, 2.24) is 5.32 Å². The number of urea groups is 1. The van der Waals surface area contributed by atoms with Crippen LogP contribution in [0.5, 0.6) is 0 Å². The van der Waals surface area contributed by atoms with Crippen molar-refractivity contribution in [2.45, 2.75) is 33.1 Å². The van der Waals surface area contributed by atoms with Gasteiger partial charge >= 0.3 is 12.0 Å². The van der Waals surface area contributed by atoms with Crippen LogP contribution in [0.25, 0.3) is 0 Å². The average molecular weight is 278 g/mol. The minimum Gasteiger partial charge on any atom is -0.481 e. The Labute approximate surface area is 119 Å². The van der Waals surface area contributed by atoms with Crippen molar-refractivity contribution >= 4 is 17.7 Å². The molecule has 5 heteroatoms. The van der Waals surface area contributed by atoms with Crippen LogP contribution in [-0.4, -0.2) is 23.7 Å². The summed E-state index contributed by atoms with van der Waals surface area (Å²) in [5.74, 6) is -0.306. The van der Waals surface area contributed by atoms with Gasteiger partial charge in [-0.05, 0) is 30.4 Å². The van der Waals surface area contributed by atoms with Crippen LogP contribution in [-0.2, 0) is 11.2 Å². The maximum absolute atomic E-state index is 11.7. The van der Waals surface area contributed by atoms with Crippen molar-refractivity contribution in [3.05, 3.63) is 29.8 Å². The fourth-order valence-corrected chi connectivity index (χ4v) is 1.74. The van der Waals surface area contributed by atoms with Crippen LogP contribution < -0.4 is 10.6 Å². The first-order chi connectivity index (χ1) is 9.49. The topological polar surface area (TPSA) is 78.4 Å². The Hall–Kier alpha value is -2.04. The van der Waals surface area contributed by atoms with Crippen LogP contribution in [0.4, 0.5) is 10.5 Å². The molecule has 0 aliphatic carbocycles. The third-order valence-electron chi connectivity index (χ3n) is 2.88. The van der Waals surface area contributed by atoms with Crippen molar-refractivity contribution in [3.63, 3.8) is 0 Å². The fraction of sp³-hybridized carbons (Fsp3) is 0.467. The maximum atomic E-state index is 11.7. The van der Waals surface area contributed by atoms with Crippen LogP contribution in [0, 0.1) is 5.92 Å². The summed E-state index contributed by atoms with van der Waals surface area (Å²) in [6.07, 6.45) is 1.37. The summed E-state index contributed by atoms with van der Waals surface area (Å²) in [6.45, 7) is 4.82. The lowest BCUT2D eigenvalue weighted by atomic mass is 10.1. The Bertz CT molecular complexity index is 458. The molecule has 0 aromatic heterocycles. The van der Waals surface area contributed by atoms with Gasteiger partial charge in [0.1, 0.15) is 0 Å². The number of aryl methyl sites for hydroxylation is 1. The minimum absolute atomic E-state index is 0.0493. The molecule has 0 fully saturated rings. The SMILES string of the molecule is CC(C)CCNC(=O)Nc1ccccc1CCC(=O)O. The molecule has 0 heterocycles. The zero-order valence-corrected chi connectivity index (χ0v) is 12.0. The van der Waals surface area contributed by atoms with Crippen molar-refractivity contribution < 1.29 is 14.7 Å².